The molecule has 5 heteroatoms. The molecule has 1 fully saturated rings. The quantitative estimate of drug-likeness (QED) is 0.885. The zero-order valence-electron chi connectivity index (χ0n) is 14.6. The second kappa shape index (κ2) is 7.16. The van der Waals surface area contributed by atoms with Crippen LogP contribution in [0.4, 0.5) is 4.79 Å². The summed E-state index contributed by atoms with van der Waals surface area (Å²) in [5.41, 5.74) is 3.56. The molecule has 2 heterocycles. The first-order valence-corrected chi connectivity index (χ1v) is 9.83. The van der Waals surface area contributed by atoms with Gasteiger partial charge in [0.1, 0.15) is 11.9 Å². The molecule has 1 saturated heterocycles. The molecule has 3 unspecified atom stereocenters. The van der Waals surface area contributed by atoms with Crippen molar-refractivity contribution in [3.05, 3.63) is 65.2 Å². The third-order valence-corrected chi connectivity index (χ3v) is 6.31. The molecule has 0 saturated carbocycles. The summed E-state index contributed by atoms with van der Waals surface area (Å²) in [6.45, 7) is 2.00. The Balaban J connectivity index is 1.47. The second-order valence-corrected chi connectivity index (χ2v) is 8.05. The molecule has 26 heavy (non-hydrogen) atoms. The van der Waals surface area contributed by atoms with Crippen molar-refractivity contribution >= 4 is 22.9 Å². The predicted octanol–water partition coefficient (Wildman–Crippen LogP) is 4.08. The highest BCUT2D eigenvalue weighted by Gasteiger charge is 2.36. The summed E-state index contributed by atoms with van der Waals surface area (Å²) in [6.07, 6.45) is 3.06. The average molecular weight is 367 g/mol. The number of rotatable bonds is 4. The molecule has 0 aromatic heterocycles. The lowest BCUT2D eigenvalue weighted by Gasteiger charge is -2.27. The minimum atomic E-state index is -0.351. The molecule has 134 valence electrons. The molecule has 0 radical (unpaired) electrons. The van der Waals surface area contributed by atoms with Crippen molar-refractivity contribution in [1.29, 1.82) is 0 Å². The molecule has 0 spiro atoms. The van der Waals surface area contributed by atoms with Crippen LogP contribution in [0, 0.1) is 0 Å². The standard InChI is InChI=1S/C21H21NO3S/c1-13(19-20(23)22-21(24)26-19)15-8-10-18-16(12-15)7-9-17(25-18)11-14-5-3-2-4-6-14/h2-6,8,10,12-13,17,19H,7,9,11H2,1H3,(H,22,23,24). The highest BCUT2D eigenvalue weighted by molar-refractivity contribution is 8.15. The van der Waals surface area contributed by atoms with Gasteiger partial charge >= 0.3 is 0 Å². The van der Waals surface area contributed by atoms with Gasteiger partial charge in [0, 0.05) is 12.3 Å². The molecule has 2 aliphatic heterocycles. The Labute approximate surface area is 157 Å². The van der Waals surface area contributed by atoms with Gasteiger partial charge in [-0.25, -0.2) is 0 Å². The summed E-state index contributed by atoms with van der Waals surface area (Å²) < 4.78 is 6.20. The van der Waals surface area contributed by atoms with Gasteiger partial charge in [0.2, 0.25) is 5.91 Å². The zero-order valence-corrected chi connectivity index (χ0v) is 15.4. The second-order valence-electron chi connectivity index (χ2n) is 6.94. The summed E-state index contributed by atoms with van der Waals surface area (Å²) in [7, 11) is 0. The summed E-state index contributed by atoms with van der Waals surface area (Å²) in [5.74, 6) is 0.732. The van der Waals surface area contributed by atoms with Crippen LogP contribution in [0.1, 0.15) is 36.0 Å². The van der Waals surface area contributed by atoms with Crippen LogP contribution < -0.4 is 10.1 Å². The third-order valence-electron chi connectivity index (χ3n) is 5.12. The number of imide groups is 1. The SMILES string of the molecule is CC(c1ccc2c(c1)CCC(Cc1ccccc1)O2)C1SC(=O)NC1=O. The Kier molecular flexibility index (Phi) is 4.72. The van der Waals surface area contributed by atoms with E-state index in [-0.39, 0.29) is 28.4 Å². The smallest absolute Gasteiger partial charge is 0.286 e. The highest BCUT2D eigenvalue weighted by Crippen LogP contribution is 2.36. The molecular formula is C21H21NO3S. The number of hydrogen-bond donors (Lipinski definition) is 1. The summed E-state index contributed by atoms with van der Waals surface area (Å²) in [4.78, 5) is 23.4. The van der Waals surface area contributed by atoms with Gasteiger partial charge in [-0.3, -0.25) is 14.9 Å². The molecule has 3 atom stereocenters. The molecule has 2 aliphatic rings. The molecule has 2 aromatic rings. The minimum absolute atomic E-state index is 0.0150. The van der Waals surface area contributed by atoms with Crippen molar-refractivity contribution in [3.63, 3.8) is 0 Å². The van der Waals surface area contributed by atoms with E-state index in [0.717, 1.165) is 42.3 Å². The van der Waals surface area contributed by atoms with Crippen molar-refractivity contribution in [2.24, 2.45) is 0 Å². The zero-order chi connectivity index (χ0) is 18.1. The Morgan fingerprint density at radius 3 is 2.73 bits per heavy atom. The van der Waals surface area contributed by atoms with E-state index < -0.39 is 0 Å². The topological polar surface area (TPSA) is 55.4 Å². The summed E-state index contributed by atoms with van der Waals surface area (Å²) >= 11 is 1.08. The van der Waals surface area contributed by atoms with E-state index in [4.69, 9.17) is 4.74 Å². The maximum Gasteiger partial charge on any atom is 0.286 e. The lowest BCUT2D eigenvalue weighted by molar-refractivity contribution is -0.119. The molecule has 1 N–H and O–H groups in total. The highest BCUT2D eigenvalue weighted by atomic mass is 32.2. The number of amides is 2. The number of benzene rings is 2. The number of fused-ring (bicyclic) bond motifs is 1. The normalized spacial score (nSPS) is 23.1. The van der Waals surface area contributed by atoms with Crippen molar-refractivity contribution in [3.8, 4) is 5.75 Å². The molecule has 4 rings (SSSR count). The van der Waals surface area contributed by atoms with Gasteiger partial charge in [-0.15, -0.1) is 0 Å². The Morgan fingerprint density at radius 2 is 2.00 bits per heavy atom. The Bertz CT molecular complexity index is 836. The van der Waals surface area contributed by atoms with Crippen LogP contribution in [0.5, 0.6) is 5.75 Å². The Hall–Kier alpha value is -2.27. The van der Waals surface area contributed by atoms with E-state index in [0.29, 0.717) is 0 Å². The van der Waals surface area contributed by atoms with Gasteiger partial charge in [0.15, 0.2) is 0 Å². The van der Waals surface area contributed by atoms with E-state index in [9.17, 15) is 9.59 Å². The predicted molar refractivity (Wildman–Crippen MR) is 103 cm³/mol. The van der Waals surface area contributed by atoms with Crippen molar-refractivity contribution < 1.29 is 14.3 Å². The van der Waals surface area contributed by atoms with Crippen LogP contribution in [-0.2, 0) is 17.6 Å². The van der Waals surface area contributed by atoms with E-state index in [1.807, 2.05) is 25.1 Å². The van der Waals surface area contributed by atoms with Crippen molar-refractivity contribution in [2.75, 3.05) is 0 Å². The number of nitrogens with one attached hydrogen (secondary N) is 1. The maximum atomic E-state index is 11.9. The summed E-state index contributed by atoms with van der Waals surface area (Å²) in [6, 6.07) is 16.6. The minimum Gasteiger partial charge on any atom is -0.490 e. The first kappa shape index (κ1) is 17.2. The monoisotopic (exact) mass is 367 g/mol. The summed E-state index contributed by atoms with van der Waals surface area (Å²) in [5, 5.41) is 1.77. The number of thioether (sulfide) groups is 1. The first-order valence-electron chi connectivity index (χ1n) is 8.95. The van der Waals surface area contributed by atoms with E-state index >= 15 is 0 Å². The van der Waals surface area contributed by atoms with Gasteiger partial charge in [-0.1, -0.05) is 61.2 Å². The van der Waals surface area contributed by atoms with Gasteiger partial charge < -0.3 is 4.74 Å². The van der Waals surface area contributed by atoms with Gasteiger partial charge in [0.25, 0.3) is 5.24 Å². The molecular weight excluding hydrogens is 346 g/mol. The van der Waals surface area contributed by atoms with E-state index in [1.165, 1.54) is 11.1 Å². The largest absolute Gasteiger partial charge is 0.490 e. The number of hydrogen-bond acceptors (Lipinski definition) is 4. The molecule has 0 bridgehead atoms. The molecule has 2 amide bonds. The molecule has 2 aromatic carbocycles. The fraction of sp³-hybridized carbons (Fsp3) is 0.333. The average Bonchev–Trinajstić information content (AvgIpc) is 2.99. The molecule has 4 nitrogen and oxygen atoms in total. The lowest BCUT2D eigenvalue weighted by atomic mass is 9.91. The third kappa shape index (κ3) is 3.49. The number of ether oxygens (including phenoxy) is 1. The van der Waals surface area contributed by atoms with Crippen LogP contribution >= 0.6 is 11.8 Å². The maximum absolute atomic E-state index is 11.9. The van der Waals surface area contributed by atoms with Crippen molar-refractivity contribution in [1.82, 2.24) is 5.32 Å². The molecule has 0 aliphatic carbocycles. The van der Waals surface area contributed by atoms with E-state index in [2.05, 4.69) is 35.6 Å². The fourth-order valence-electron chi connectivity index (χ4n) is 3.64. The first-order chi connectivity index (χ1) is 12.6. The van der Waals surface area contributed by atoms with Crippen LogP contribution in [0.25, 0.3) is 0 Å². The van der Waals surface area contributed by atoms with Crippen molar-refractivity contribution in [2.45, 2.75) is 43.5 Å². The van der Waals surface area contributed by atoms with Crippen LogP contribution in [0.3, 0.4) is 0 Å². The van der Waals surface area contributed by atoms with Gasteiger partial charge in [0.05, 0.1) is 5.25 Å². The lowest BCUT2D eigenvalue weighted by Crippen LogP contribution is -2.28. The van der Waals surface area contributed by atoms with Crippen LogP contribution in [-0.4, -0.2) is 22.5 Å². The van der Waals surface area contributed by atoms with E-state index in [1.54, 1.807) is 0 Å². The van der Waals surface area contributed by atoms with Crippen LogP contribution in [0.15, 0.2) is 48.5 Å². The van der Waals surface area contributed by atoms with Gasteiger partial charge in [-0.2, -0.15) is 0 Å². The Morgan fingerprint density at radius 1 is 1.19 bits per heavy atom. The van der Waals surface area contributed by atoms with Gasteiger partial charge in [-0.05, 0) is 35.6 Å². The number of carbonyl (C=O) groups excluding carboxylic acids is 2. The number of aryl methyl sites for hydroxylation is 1. The van der Waals surface area contributed by atoms with Crippen LogP contribution in [0.2, 0.25) is 0 Å². The fourth-order valence-corrected chi connectivity index (χ4v) is 4.56. The number of carbonyl (C=O) groups is 2.